The molecule has 0 spiro atoms. The summed E-state index contributed by atoms with van der Waals surface area (Å²) in [4.78, 5) is 3.29. The molecule has 2 nitrogen and oxygen atoms in total. The molecule has 72 valence electrons. The fourth-order valence-electron chi connectivity index (χ4n) is 0.902. The molecule has 0 bridgehead atoms. The third-order valence-electron chi connectivity index (χ3n) is 1.56. The molecular weight excluding hydrogens is 181 g/mol. The predicted octanol–water partition coefficient (Wildman–Crippen LogP) is 1.66. The number of nitrogens with zero attached hydrogens (tertiary/aromatic N) is 1. The van der Waals surface area contributed by atoms with E-state index in [0.717, 1.165) is 18.3 Å². The van der Waals surface area contributed by atoms with Crippen LogP contribution in [0.4, 0.5) is 13.2 Å². The van der Waals surface area contributed by atoms with Gasteiger partial charge in [0.05, 0.1) is 6.20 Å². The third-order valence-corrected chi connectivity index (χ3v) is 1.56. The number of nitrogens with two attached hydrogens (primary N) is 1. The molecule has 0 fully saturated rings. The van der Waals surface area contributed by atoms with E-state index < -0.39 is 23.9 Å². The lowest BCUT2D eigenvalue weighted by Crippen LogP contribution is -2.19. The Morgan fingerprint density at radius 2 is 2.08 bits per heavy atom. The van der Waals surface area contributed by atoms with Gasteiger partial charge in [-0.15, -0.1) is 0 Å². The molecule has 0 unspecified atom stereocenters. The lowest BCUT2D eigenvalue weighted by atomic mass is 10.1. The molecule has 0 aliphatic rings. The Kier molecular flexibility index (Phi) is 2.87. The van der Waals surface area contributed by atoms with E-state index in [1.54, 1.807) is 0 Å². The van der Waals surface area contributed by atoms with Gasteiger partial charge in [0, 0.05) is 6.42 Å². The number of rotatable bonds is 3. The molecule has 0 saturated carbocycles. The van der Waals surface area contributed by atoms with E-state index in [4.69, 9.17) is 5.73 Å². The van der Waals surface area contributed by atoms with Crippen molar-refractivity contribution in [2.45, 2.75) is 12.3 Å². The number of pyridine rings is 1. The van der Waals surface area contributed by atoms with Gasteiger partial charge in [0.15, 0.2) is 0 Å². The standard InChI is InChI=1S/C8H9F3N2/c9-6-1-2-7(13-5-6)8(10,11)3-4-12/h1-2,5H,3-4,12H2. The summed E-state index contributed by atoms with van der Waals surface area (Å²) in [6, 6.07) is 1.91. The molecule has 1 heterocycles. The van der Waals surface area contributed by atoms with Gasteiger partial charge in [0.1, 0.15) is 11.5 Å². The Bertz CT molecular complexity index is 271. The summed E-state index contributed by atoms with van der Waals surface area (Å²) in [5, 5.41) is 0. The highest BCUT2D eigenvalue weighted by Crippen LogP contribution is 2.29. The maximum Gasteiger partial charge on any atom is 0.290 e. The minimum Gasteiger partial charge on any atom is -0.330 e. The van der Waals surface area contributed by atoms with E-state index in [1.165, 1.54) is 0 Å². The second-order valence-electron chi connectivity index (χ2n) is 2.60. The van der Waals surface area contributed by atoms with Gasteiger partial charge in [-0.05, 0) is 18.7 Å². The highest BCUT2D eigenvalue weighted by molar-refractivity contribution is 5.10. The zero-order valence-electron chi connectivity index (χ0n) is 6.80. The molecule has 0 aliphatic carbocycles. The quantitative estimate of drug-likeness (QED) is 0.787. The van der Waals surface area contributed by atoms with Gasteiger partial charge in [-0.3, -0.25) is 4.98 Å². The number of alkyl halides is 2. The molecule has 5 heteroatoms. The first kappa shape index (κ1) is 9.98. The van der Waals surface area contributed by atoms with Gasteiger partial charge < -0.3 is 5.73 Å². The van der Waals surface area contributed by atoms with Crippen molar-refractivity contribution in [3.63, 3.8) is 0 Å². The van der Waals surface area contributed by atoms with Crippen LogP contribution in [0.25, 0.3) is 0 Å². The highest BCUT2D eigenvalue weighted by atomic mass is 19.3. The monoisotopic (exact) mass is 190 g/mol. The van der Waals surface area contributed by atoms with E-state index >= 15 is 0 Å². The van der Waals surface area contributed by atoms with Crippen LogP contribution >= 0.6 is 0 Å². The van der Waals surface area contributed by atoms with Crippen LogP contribution in [0, 0.1) is 5.82 Å². The minimum absolute atomic E-state index is 0.133. The van der Waals surface area contributed by atoms with Crippen LogP contribution < -0.4 is 5.73 Å². The first-order valence-corrected chi connectivity index (χ1v) is 3.76. The van der Waals surface area contributed by atoms with Crippen molar-refractivity contribution in [1.82, 2.24) is 4.98 Å². The summed E-state index contributed by atoms with van der Waals surface area (Å²) in [7, 11) is 0. The number of aromatic nitrogens is 1. The summed E-state index contributed by atoms with van der Waals surface area (Å²) < 4.78 is 38.4. The fraction of sp³-hybridized carbons (Fsp3) is 0.375. The van der Waals surface area contributed by atoms with Crippen molar-refractivity contribution in [3.05, 3.63) is 29.8 Å². The Morgan fingerprint density at radius 3 is 2.54 bits per heavy atom. The Labute approximate surface area is 73.6 Å². The normalized spacial score (nSPS) is 11.7. The van der Waals surface area contributed by atoms with Crippen LogP contribution in [0.15, 0.2) is 18.3 Å². The SMILES string of the molecule is NCCC(F)(F)c1ccc(F)cn1. The summed E-state index contributed by atoms with van der Waals surface area (Å²) in [5.74, 6) is -3.70. The van der Waals surface area contributed by atoms with E-state index in [1.807, 2.05) is 0 Å². The highest BCUT2D eigenvalue weighted by Gasteiger charge is 2.31. The maximum atomic E-state index is 13.0. The van der Waals surface area contributed by atoms with Crippen molar-refractivity contribution < 1.29 is 13.2 Å². The Morgan fingerprint density at radius 1 is 1.38 bits per heavy atom. The molecule has 2 N–H and O–H groups in total. The molecule has 0 saturated heterocycles. The number of hydrogen-bond donors (Lipinski definition) is 1. The molecule has 13 heavy (non-hydrogen) atoms. The molecule has 0 radical (unpaired) electrons. The minimum atomic E-state index is -3.07. The van der Waals surface area contributed by atoms with Crippen molar-refractivity contribution >= 4 is 0 Å². The van der Waals surface area contributed by atoms with Crippen LogP contribution in [-0.2, 0) is 5.92 Å². The predicted molar refractivity (Wildman–Crippen MR) is 41.8 cm³/mol. The van der Waals surface area contributed by atoms with Gasteiger partial charge in [-0.1, -0.05) is 0 Å². The summed E-state index contributed by atoms with van der Waals surface area (Å²) in [6.07, 6.45) is 0.283. The average Bonchev–Trinajstić information content (AvgIpc) is 2.05. The van der Waals surface area contributed by atoms with Gasteiger partial charge in [0.2, 0.25) is 0 Å². The molecule has 0 aliphatic heterocycles. The van der Waals surface area contributed by atoms with Gasteiger partial charge in [-0.2, -0.15) is 8.78 Å². The second-order valence-corrected chi connectivity index (χ2v) is 2.60. The molecule has 0 amide bonds. The Hall–Kier alpha value is -1.10. The smallest absolute Gasteiger partial charge is 0.290 e. The lowest BCUT2D eigenvalue weighted by molar-refractivity contribution is -0.0152. The molecule has 0 aromatic carbocycles. The molecule has 1 aromatic heterocycles. The summed E-state index contributed by atoms with van der Waals surface area (Å²) >= 11 is 0. The van der Waals surface area contributed by atoms with Crippen molar-refractivity contribution in [2.24, 2.45) is 5.73 Å². The summed E-state index contributed by atoms with van der Waals surface area (Å²) in [6.45, 7) is -0.133. The summed E-state index contributed by atoms with van der Waals surface area (Å²) in [5.41, 5.74) is 4.55. The first-order valence-electron chi connectivity index (χ1n) is 3.76. The average molecular weight is 190 g/mol. The van der Waals surface area contributed by atoms with Crippen LogP contribution in [0.3, 0.4) is 0 Å². The zero-order valence-corrected chi connectivity index (χ0v) is 6.80. The molecule has 1 rings (SSSR count). The van der Waals surface area contributed by atoms with Crippen molar-refractivity contribution in [3.8, 4) is 0 Å². The van der Waals surface area contributed by atoms with Crippen LogP contribution in [-0.4, -0.2) is 11.5 Å². The third kappa shape index (κ3) is 2.42. The Balaban J connectivity index is 2.87. The first-order chi connectivity index (χ1) is 6.06. The van der Waals surface area contributed by atoms with Crippen molar-refractivity contribution in [1.29, 1.82) is 0 Å². The van der Waals surface area contributed by atoms with Crippen molar-refractivity contribution in [2.75, 3.05) is 6.54 Å². The topological polar surface area (TPSA) is 38.9 Å². The van der Waals surface area contributed by atoms with E-state index in [-0.39, 0.29) is 6.54 Å². The van der Waals surface area contributed by atoms with Gasteiger partial charge in [-0.25, -0.2) is 4.39 Å². The van der Waals surface area contributed by atoms with E-state index in [9.17, 15) is 13.2 Å². The lowest BCUT2D eigenvalue weighted by Gasteiger charge is -2.13. The van der Waals surface area contributed by atoms with E-state index in [0.29, 0.717) is 0 Å². The fourth-order valence-corrected chi connectivity index (χ4v) is 0.902. The van der Waals surface area contributed by atoms with Crippen LogP contribution in [0.1, 0.15) is 12.1 Å². The van der Waals surface area contributed by atoms with E-state index in [2.05, 4.69) is 4.98 Å². The molecule has 0 atom stereocenters. The van der Waals surface area contributed by atoms with Gasteiger partial charge in [0.25, 0.3) is 5.92 Å². The van der Waals surface area contributed by atoms with Gasteiger partial charge >= 0.3 is 0 Å². The number of hydrogen-bond acceptors (Lipinski definition) is 2. The largest absolute Gasteiger partial charge is 0.330 e. The van der Waals surface area contributed by atoms with Crippen LogP contribution in [0.5, 0.6) is 0 Å². The van der Waals surface area contributed by atoms with Crippen LogP contribution in [0.2, 0.25) is 0 Å². The maximum absolute atomic E-state index is 13.0. The molecular formula is C8H9F3N2. The zero-order chi connectivity index (χ0) is 9.90. The number of halogens is 3. The second kappa shape index (κ2) is 3.74. The molecule has 1 aromatic rings.